The molecule has 21 heavy (non-hydrogen) atoms. The molecule has 2 unspecified atom stereocenters. The summed E-state index contributed by atoms with van der Waals surface area (Å²) in [6.45, 7) is 3.17. The van der Waals surface area contributed by atoms with Gasteiger partial charge in [-0.2, -0.15) is 0 Å². The van der Waals surface area contributed by atoms with Gasteiger partial charge in [0.15, 0.2) is 0 Å². The van der Waals surface area contributed by atoms with E-state index in [-0.39, 0.29) is 6.04 Å². The van der Waals surface area contributed by atoms with Crippen LogP contribution >= 0.6 is 0 Å². The van der Waals surface area contributed by atoms with E-state index in [0.29, 0.717) is 18.8 Å². The summed E-state index contributed by atoms with van der Waals surface area (Å²) in [5.74, 6) is 0.624. The molecule has 0 radical (unpaired) electrons. The SMILES string of the molecule is Cn1cccc1CN1CCOCC1CC(O)c1ccco1. The second kappa shape index (κ2) is 6.47. The van der Waals surface area contributed by atoms with E-state index < -0.39 is 6.10 Å². The Morgan fingerprint density at radius 2 is 2.29 bits per heavy atom. The zero-order chi connectivity index (χ0) is 14.7. The number of ether oxygens (including phenoxy) is 1. The van der Waals surface area contributed by atoms with Crippen molar-refractivity contribution in [3.05, 3.63) is 48.2 Å². The van der Waals surface area contributed by atoms with Gasteiger partial charge < -0.3 is 18.8 Å². The average Bonchev–Trinajstić information content (AvgIpc) is 3.13. The molecule has 1 aliphatic heterocycles. The van der Waals surface area contributed by atoms with Crippen LogP contribution in [0.3, 0.4) is 0 Å². The molecule has 1 aliphatic rings. The number of aromatic nitrogens is 1. The molecule has 5 heteroatoms. The lowest BCUT2D eigenvalue weighted by molar-refractivity contribution is -0.0330. The number of hydrogen-bond acceptors (Lipinski definition) is 4. The summed E-state index contributed by atoms with van der Waals surface area (Å²) in [4.78, 5) is 2.38. The monoisotopic (exact) mass is 290 g/mol. The molecule has 3 rings (SSSR count). The standard InChI is InChI=1S/C16H22N2O3/c1-17-6-2-4-13(17)11-18-7-9-20-12-14(18)10-15(19)16-5-3-8-21-16/h2-6,8,14-15,19H,7,9-12H2,1H3. The first-order valence-corrected chi connectivity index (χ1v) is 7.37. The molecule has 114 valence electrons. The third-order valence-electron chi connectivity index (χ3n) is 4.13. The maximum atomic E-state index is 10.3. The van der Waals surface area contributed by atoms with Gasteiger partial charge in [0.2, 0.25) is 0 Å². The van der Waals surface area contributed by atoms with E-state index in [1.54, 1.807) is 12.3 Å². The van der Waals surface area contributed by atoms with Crippen LogP contribution in [-0.4, -0.2) is 40.4 Å². The van der Waals surface area contributed by atoms with Gasteiger partial charge in [-0.05, 0) is 30.7 Å². The molecule has 0 amide bonds. The van der Waals surface area contributed by atoms with Gasteiger partial charge in [0.25, 0.3) is 0 Å². The topological polar surface area (TPSA) is 50.8 Å². The van der Waals surface area contributed by atoms with Crippen molar-refractivity contribution in [3.63, 3.8) is 0 Å². The highest BCUT2D eigenvalue weighted by Crippen LogP contribution is 2.24. The van der Waals surface area contributed by atoms with Crippen LogP contribution in [0.1, 0.15) is 24.0 Å². The summed E-state index contributed by atoms with van der Waals surface area (Å²) in [6.07, 6.45) is 3.69. The number of aryl methyl sites for hydroxylation is 1. The molecule has 2 aromatic rings. The van der Waals surface area contributed by atoms with Crippen molar-refractivity contribution in [3.8, 4) is 0 Å². The highest BCUT2D eigenvalue weighted by atomic mass is 16.5. The van der Waals surface area contributed by atoms with Crippen molar-refractivity contribution in [2.24, 2.45) is 7.05 Å². The minimum absolute atomic E-state index is 0.203. The van der Waals surface area contributed by atoms with E-state index in [2.05, 4.69) is 34.8 Å². The smallest absolute Gasteiger partial charge is 0.132 e. The molecule has 3 heterocycles. The summed E-state index contributed by atoms with van der Waals surface area (Å²) < 4.78 is 13.0. The fourth-order valence-electron chi connectivity index (χ4n) is 2.84. The predicted molar refractivity (Wildman–Crippen MR) is 78.7 cm³/mol. The minimum Gasteiger partial charge on any atom is -0.467 e. The van der Waals surface area contributed by atoms with Crippen LogP contribution in [0.15, 0.2) is 41.1 Å². The van der Waals surface area contributed by atoms with Crippen LogP contribution < -0.4 is 0 Å². The number of rotatable bonds is 5. The Morgan fingerprint density at radius 1 is 1.38 bits per heavy atom. The molecule has 2 atom stereocenters. The maximum absolute atomic E-state index is 10.3. The number of aliphatic hydroxyl groups excluding tert-OH is 1. The molecule has 0 bridgehead atoms. The first kappa shape index (κ1) is 14.4. The van der Waals surface area contributed by atoms with E-state index >= 15 is 0 Å². The predicted octanol–water partition coefficient (Wildman–Crippen LogP) is 1.94. The van der Waals surface area contributed by atoms with Crippen LogP contribution in [0, 0.1) is 0 Å². The molecular formula is C16H22N2O3. The largest absolute Gasteiger partial charge is 0.467 e. The van der Waals surface area contributed by atoms with Crippen molar-refractivity contribution in [1.29, 1.82) is 0 Å². The number of furan rings is 1. The zero-order valence-electron chi connectivity index (χ0n) is 12.3. The molecule has 2 aromatic heterocycles. The van der Waals surface area contributed by atoms with Crippen molar-refractivity contribution >= 4 is 0 Å². The molecule has 0 aliphatic carbocycles. The van der Waals surface area contributed by atoms with Gasteiger partial charge in [-0.3, -0.25) is 4.90 Å². The fourth-order valence-corrected chi connectivity index (χ4v) is 2.84. The quantitative estimate of drug-likeness (QED) is 0.914. The van der Waals surface area contributed by atoms with Gasteiger partial charge >= 0.3 is 0 Å². The Balaban J connectivity index is 1.65. The Bertz CT molecular complexity index is 550. The molecule has 5 nitrogen and oxygen atoms in total. The maximum Gasteiger partial charge on any atom is 0.132 e. The molecule has 0 spiro atoms. The lowest BCUT2D eigenvalue weighted by Gasteiger charge is -2.36. The van der Waals surface area contributed by atoms with Crippen LogP contribution in [0.4, 0.5) is 0 Å². The summed E-state index contributed by atoms with van der Waals surface area (Å²) in [5.41, 5.74) is 1.27. The molecule has 1 saturated heterocycles. The second-order valence-electron chi connectivity index (χ2n) is 5.58. The normalized spacial score (nSPS) is 21.5. The van der Waals surface area contributed by atoms with Gasteiger partial charge in [-0.15, -0.1) is 0 Å². The Labute approximate surface area is 124 Å². The van der Waals surface area contributed by atoms with Crippen LogP contribution in [0.25, 0.3) is 0 Å². The Hall–Kier alpha value is -1.56. The molecule has 1 N–H and O–H groups in total. The van der Waals surface area contributed by atoms with Crippen molar-refractivity contribution in [2.45, 2.75) is 25.1 Å². The average molecular weight is 290 g/mol. The van der Waals surface area contributed by atoms with Crippen LogP contribution in [0.5, 0.6) is 0 Å². The highest BCUT2D eigenvalue weighted by Gasteiger charge is 2.27. The van der Waals surface area contributed by atoms with Gasteiger partial charge in [-0.25, -0.2) is 0 Å². The van der Waals surface area contributed by atoms with E-state index in [4.69, 9.17) is 9.15 Å². The fraction of sp³-hybridized carbons (Fsp3) is 0.500. The summed E-state index contributed by atoms with van der Waals surface area (Å²) >= 11 is 0. The van der Waals surface area contributed by atoms with E-state index in [0.717, 1.165) is 19.7 Å². The van der Waals surface area contributed by atoms with Crippen LogP contribution in [0.2, 0.25) is 0 Å². The minimum atomic E-state index is -0.581. The first-order valence-electron chi connectivity index (χ1n) is 7.37. The Morgan fingerprint density at radius 3 is 3.00 bits per heavy atom. The van der Waals surface area contributed by atoms with Crippen LogP contribution in [-0.2, 0) is 18.3 Å². The third-order valence-corrected chi connectivity index (χ3v) is 4.13. The van der Waals surface area contributed by atoms with Gasteiger partial charge in [0, 0.05) is 38.1 Å². The number of hydrogen-bond donors (Lipinski definition) is 1. The van der Waals surface area contributed by atoms with Crippen molar-refractivity contribution < 1.29 is 14.3 Å². The zero-order valence-corrected chi connectivity index (χ0v) is 12.3. The number of nitrogens with zero attached hydrogens (tertiary/aromatic N) is 2. The lowest BCUT2D eigenvalue weighted by Crippen LogP contribution is -2.45. The van der Waals surface area contributed by atoms with Crippen molar-refractivity contribution in [1.82, 2.24) is 9.47 Å². The number of aliphatic hydroxyl groups is 1. The lowest BCUT2D eigenvalue weighted by atomic mass is 10.1. The summed E-state index contributed by atoms with van der Waals surface area (Å²) in [5, 5.41) is 10.3. The van der Waals surface area contributed by atoms with Crippen molar-refractivity contribution in [2.75, 3.05) is 19.8 Å². The first-order chi connectivity index (χ1) is 10.2. The van der Waals surface area contributed by atoms with Gasteiger partial charge in [-0.1, -0.05) is 0 Å². The molecular weight excluding hydrogens is 268 g/mol. The van der Waals surface area contributed by atoms with Gasteiger partial charge in [0.1, 0.15) is 11.9 Å². The second-order valence-corrected chi connectivity index (χ2v) is 5.58. The third kappa shape index (κ3) is 3.37. The van der Waals surface area contributed by atoms with E-state index in [9.17, 15) is 5.11 Å². The molecule has 0 saturated carbocycles. The summed E-state index contributed by atoms with van der Waals surface area (Å²) in [7, 11) is 2.06. The van der Waals surface area contributed by atoms with E-state index in [1.807, 2.05) is 6.07 Å². The summed E-state index contributed by atoms with van der Waals surface area (Å²) in [6, 6.07) is 8.01. The highest BCUT2D eigenvalue weighted by molar-refractivity contribution is 5.07. The van der Waals surface area contributed by atoms with E-state index in [1.165, 1.54) is 5.69 Å². The number of morpholine rings is 1. The Kier molecular flexibility index (Phi) is 4.43. The van der Waals surface area contributed by atoms with Gasteiger partial charge in [0.05, 0.1) is 19.5 Å². The molecule has 0 aromatic carbocycles. The molecule has 1 fully saturated rings.